The Bertz CT molecular complexity index is 719. The lowest BCUT2D eigenvalue weighted by Crippen LogP contribution is -2.04. The second-order valence-electron chi connectivity index (χ2n) is 4.16. The monoisotopic (exact) mass is 395 g/mol. The van der Waals surface area contributed by atoms with E-state index in [1.54, 1.807) is 23.5 Å². The second kappa shape index (κ2) is 5.88. The normalized spacial score (nSPS) is 10.7. The van der Waals surface area contributed by atoms with E-state index in [2.05, 4.69) is 27.6 Å². The van der Waals surface area contributed by atoms with Crippen LogP contribution in [-0.2, 0) is 11.3 Å². The van der Waals surface area contributed by atoms with Gasteiger partial charge in [-0.1, -0.05) is 12.1 Å². The summed E-state index contributed by atoms with van der Waals surface area (Å²) >= 11 is 3.75. The van der Waals surface area contributed by atoms with Gasteiger partial charge in [-0.3, -0.25) is 0 Å². The highest BCUT2D eigenvalue weighted by molar-refractivity contribution is 14.1. The molecule has 1 aromatic heterocycles. The molecule has 0 fully saturated rings. The molecular formula is C15H10INO2S. The van der Waals surface area contributed by atoms with Crippen molar-refractivity contribution in [1.82, 2.24) is 4.98 Å². The number of esters is 1. The topological polar surface area (TPSA) is 39.2 Å². The quantitative estimate of drug-likeness (QED) is 0.492. The van der Waals surface area contributed by atoms with Crippen molar-refractivity contribution in [2.24, 2.45) is 0 Å². The highest BCUT2D eigenvalue weighted by atomic mass is 127. The Hall–Kier alpha value is -1.47. The Balaban J connectivity index is 1.69. The molecule has 0 amide bonds. The maximum absolute atomic E-state index is 11.9. The average Bonchev–Trinajstić information content (AvgIpc) is 2.88. The second-order valence-corrected chi connectivity index (χ2v) is 6.52. The summed E-state index contributed by atoms with van der Waals surface area (Å²) in [6.45, 7) is 0.212. The Kier molecular flexibility index (Phi) is 3.98. The lowest BCUT2D eigenvalue weighted by Gasteiger charge is -2.02. The molecule has 0 aliphatic carbocycles. The molecule has 100 valence electrons. The summed E-state index contributed by atoms with van der Waals surface area (Å²) in [5.41, 5.74) is 1.50. The Morgan fingerprint density at radius 1 is 1.15 bits per heavy atom. The zero-order valence-electron chi connectivity index (χ0n) is 10.4. The minimum absolute atomic E-state index is 0.212. The van der Waals surface area contributed by atoms with Gasteiger partial charge < -0.3 is 4.74 Å². The highest BCUT2D eigenvalue weighted by Gasteiger charge is 2.09. The van der Waals surface area contributed by atoms with Crippen molar-refractivity contribution in [2.45, 2.75) is 6.61 Å². The van der Waals surface area contributed by atoms with Crippen molar-refractivity contribution >= 4 is 50.1 Å². The van der Waals surface area contributed by atoms with Crippen LogP contribution in [0.25, 0.3) is 10.2 Å². The molecule has 0 N–H and O–H groups in total. The molecule has 5 heteroatoms. The van der Waals surface area contributed by atoms with Crippen molar-refractivity contribution in [3.63, 3.8) is 0 Å². The third-order valence-electron chi connectivity index (χ3n) is 2.74. The number of rotatable bonds is 3. The minimum Gasteiger partial charge on any atom is -0.455 e. The number of fused-ring (bicyclic) bond motifs is 1. The van der Waals surface area contributed by atoms with Gasteiger partial charge in [-0.25, -0.2) is 9.78 Å². The van der Waals surface area contributed by atoms with Gasteiger partial charge in [-0.05, 0) is 59.0 Å². The number of para-hydroxylation sites is 1. The van der Waals surface area contributed by atoms with Gasteiger partial charge in [0.05, 0.1) is 15.8 Å². The number of carbonyl (C=O) groups excluding carboxylic acids is 1. The van der Waals surface area contributed by atoms with E-state index in [0.717, 1.165) is 18.8 Å². The van der Waals surface area contributed by atoms with Crippen molar-refractivity contribution in [2.75, 3.05) is 0 Å². The zero-order chi connectivity index (χ0) is 13.9. The van der Waals surface area contributed by atoms with Gasteiger partial charge in [0.25, 0.3) is 0 Å². The van der Waals surface area contributed by atoms with Crippen LogP contribution in [0.5, 0.6) is 0 Å². The molecule has 3 rings (SSSR count). The van der Waals surface area contributed by atoms with Crippen molar-refractivity contribution in [3.05, 3.63) is 62.7 Å². The smallest absolute Gasteiger partial charge is 0.338 e. The predicted molar refractivity (Wildman–Crippen MR) is 87.9 cm³/mol. The third kappa shape index (κ3) is 2.99. The molecule has 20 heavy (non-hydrogen) atoms. The molecule has 3 nitrogen and oxygen atoms in total. The van der Waals surface area contributed by atoms with Crippen LogP contribution >= 0.6 is 33.9 Å². The maximum Gasteiger partial charge on any atom is 0.338 e. The van der Waals surface area contributed by atoms with E-state index < -0.39 is 0 Å². The van der Waals surface area contributed by atoms with Gasteiger partial charge in [-0.2, -0.15) is 0 Å². The number of hydrogen-bond donors (Lipinski definition) is 0. The molecule has 0 unspecified atom stereocenters. The number of carbonyl (C=O) groups is 1. The summed E-state index contributed by atoms with van der Waals surface area (Å²) in [7, 11) is 0. The average molecular weight is 395 g/mol. The first-order valence-electron chi connectivity index (χ1n) is 5.99. The molecule has 0 radical (unpaired) electrons. The SMILES string of the molecule is O=C(OCc1nc2ccccc2s1)c1ccc(I)cc1. The van der Waals surface area contributed by atoms with Gasteiger partial charge in [0.15, 0.2) is 0 Å². The summed E-state index contributed by atoms with van der Waals surface area (Å²) < 4.78 is 7.48. The van der Waals surface area contributed by atoms with E-state index in [9.17, 15) is 4.79 Å². The molecular weight excluding hydrogens is 385 g/mol. The lowest BCUT2D eigenvalue weighted by molar-refractivity contribution is 0.0472. The number of thiazole rings is 1. The largest absolute Gasteiger partial charge is 0.455 e. The van der Waals surface area contributed by atoms with Gasteiger partial charge in [0.1, 0.15) is 11.6 Å². The van der Waals surface area contributed by atoms with Crippen LogP contribution in [0.2, 0.25) is 0 Å². The fraction of sp³-hybridized carbons (Fsp3) is 0.0667. The molecule has 0 spiro atoms. The lowest BCUT2D eigenvalue weighted by atomic mass is 10.2. The van der Waals surface area contributed by atoms with Gasteiger partial charge in [-0.15, -0.1) is 11.3 Å². The molecule has 1 heterocycles. The van der Waals surface area contributed by atoms with E-state index in [1.807, 2.05) is 36.4 Å². The van der Waals surface area contributed by atoms with Crippen LogP contribution in [-0.4, -0.2) is 11.0 Å². The fourth-order valence-corrected chi connectivity index (χ4v) is 3.02. The molecule has 2 aromatic carbocycles. The summed E-state index contributed by atoms with van der Waals surface area (Å²) in [6, 6.07) is 15.2. The molecule has 0 saturated heterocycles. The van der Waals surface area contributed by atoms with E-state index in [4.69, 9.17) is 4.74 Å². The molecule has 0 aliphatic rings. The summed E-state index contributed by atoms with van der Waals surface area (Å²) in [4.78, 5) is 16.3. The first-order chi connectivity index (χ1) is 9.72. The standard InChI is InChI=1S/C15H10INO2S/c16-11-7-5-10(6-8-11)15(18)19-9-14-17-12-3-1-2-4-13(12)20-14/h1-8H,9H2. The highest BCUT2D eigenvalue weighted by Crippen LogP contribution is 2.22. The number of hydrogen-bond acceptors (Lipinski definition) is 4. The molecule has 3 aromatic rings. The summed E-state index contributed by atoms with van der Waals surface area (Å²) in [5.74, 6) is -0.319. The fourth-order valence-electron chi connectivity index (χ4n) is 1.78. The van der Waals surface area contributed by atoms with E-state index in [0.29, 0.717) is 5.56 Å². The summed E-state index contributed by atoms with van der Waals surface area (Å²) in [6.07, 6.45) is 0. The number of ether oxygens (including phenoxy) is 1. The van der Waals surface area contributed by atoms with Gasteiger partial charge in [0.2, 0.25) is 0 Å². The Labute approximate surface area is 133 Å². The molecule has 0 saturated carbocycles. The Morgan fingerprint density at radius 2 is 1.90 bits per heavy atom. The molecule has 0 atom stereocenters. The van der Waals surface area contributed by atoms with Crippen LogP contribution in [0.4, 0.5) is 0 Å². The Morgan fingerprint density at radius 3 is 2.65 bits per heavy atom. The van der Waals surface area contributed by atoms with Crippen molar-refractivity contribution in [3.8, 4) is 0 Å². The van der Waals surface area contributed by atoms with Crippen molar-refractivity contribution < 1.29 is 9.53 Å². The van der Waals surface area contributed by atoms with E-state index in [1.165, 1.54) is 0 Å². The van der Waals surface area contributed by atoms with Crippen LogP contribution < -0.4 is 0 Å². The molecule has 0 bridgehead atoms. The van der Waals surface area contributed by atoms with Crippen LogP contribution in [0.3, 0.4) is 0 Å². The summed E-state index contributed by atoms with van der Waals surface area (Å²) in [5, 5.41) is 0.810. The third-order valence-corrected chi connectivity index (χ3v) is 4.47. The van der Waals surface area contributed by atoms with Gasteiger partial charge >= 0.3 is 5.97 Å². The number of benzene rings is 2. The van der Waals surface area contributed by atoms with Crippen LogP contribution in [0.15, 0.2) is 48.5 Å². The number of aromatic nitrogens is 1. The van der Waals surface area contributed by atoms with E-state index in [-0.39, 0.29) is 12.6 Å². The number of nitrogens with zero attached hydrogens (tertiary/aromatic N) is 1. The first kappa shape index (κ1) is 13.5. The molecule has 0 aliphatic heterocycles. The first-order valence-corrected chi connectivity index (χ1v) is 7.89. The van der Waals surface area contributed by atoms with Crippen LogP contribution in [0.1, 0.15) is 15.4 Å². The maximum atomic E-state index is 11.9. The van der Waals surface area contributed by atoms with Crippen LogP contribution in [0, 0.1) is 3.57 Å². The van der Waals surface area contributed by atoms with Gasteiger partial charge in [0, 0.05) is 3.57 Å². The minimum atomic E-state index is -0.319. The number of halogens is 1. The van der Waals surface area contributed by atoms with E-state index >= 15 is 0 Å². The van der Waals surface area contributed by atoms with Crippen molar-refractivity contribution in [1.29, 1.82) is 0 Å². The zero-order valence-corrected chi connectivity index (χ0v) is 13.3. The predicted octanol–water partition coefficient (Wildman–Crippen LogP) is 4.26.